The zero-order valence-electron chi connectivity index (χ0n) is 9.55. The van der Waals surface area contributed by atoms with Gasteiger partial charge in [0.2, 0.25) is 5.82 Å². The summed E-state index contributed by atoms with van der Waals surface area (Å²) in [5.41, 5.74) is 0.0332. The van der Waals surface area contributed by atoms with Crippen LogP contribution in [-0.2, 0) is 4.74 Å². The van der Waals surface area contributed by atoms with E-state index in [-0.39, 0.29) is 5.69 Å². The van der Waals surface area contributed by atoms with Crippen LogP contribution in [0.3, 0.4) is 0 Å². The first-order valence-electron chi connectivity index (χ1n) is 5.38. The summed E-state index contributed by atoms with van der Waals surface area (Å²) >= 11 is 0. The second-order valence-corrected chi connectivity index (χ2v) is 3.65. The van der Waals surface area contributed by atoms with Crippen LogP contribution in [0.2, 0.25) is 0 Å². The average molecular weight is 238 g/mol. The number of anilines is 2. The fraction of sp³-hybridized carbons (Fsp3) is 0.500. The Bertz CT molecular complexity index is 418. The summed E-state index contributed by atoms with van der Waals surface area (Å²) in [5, 5.41) is 13.8. The lowest BCUT2D eigenvalue weighted by Crippen LogP contribution is -2.37. The summed E-state index contributed by atoms with van der Waals surface area (Å²) in [7, 11) is 1.73. The van der Waals surface area contributed by atoms with Crippen molar-refractivity contribution in [2.45, 2.75) is 0 Å². The normalized spacial score (nSPS) is 15.7. The summed E-state index contributed by atoms with van der Waals surface area (Å²) in [4.78, 5) is 16.7. The van der Waals surface area contributed by atoms with Crippen molar-refractivity contribution in [2.24, 2.45) is 0 Å². The minimum absolute atomic E-state index is 0.0332. The monoisotopic (exact) mass is 238 g/mol. The molecular weight excluding hydrogens is 224 g/mol. The smallest absolute Gasteiger partial charge is 0.311 e. The van der Waals surface area contributed by atoms with E-state index in [4.69, 9.17) is 4.74 Å². The Morgan fingerprint density at radius 1 is 1.47 bits per heavy atom. The number of rotatable bonds is 3. The van der Waals surface area contributed by atoms with Crippen molar-refractivity contribution < 1.29 is 9.66 Å². The lowest BCUT2D eigenvalue weighted by Gasteiger charge is -2.27. The third-order valence-corrected chi connectivity index (χ3v) is 2.62. The number of nitrogens with zero attached hydrogens (tertiary/aromatic N) is 3. The maximum atomic E-state index is 11.0. The lowest BCUT2D eigenvalue weighted by atomic mass is 10.3. The van der Waals surface area contributed by atoms with Crippen LogP contribution in [-0.4, -0.2) is 43.3 Å². The highest BCUT2D eigenvalue weighted by Crippen LogP contribution is 2.27. The molecule has 0 radical (unpaired) electrons. The van der Waals surface area contributed by atoms with Crippen molar-refractivity contribution in [3.05, 3.63) is 22.2 Å². The fourth-order valence-corrected chi connectivity index (χ4v) is 1.73. The molecule has 1 aliphatic rings. The van der Waals surface area contributed by atoms with E-state index in [1.54, 1.807) is 13.1 Å². The maximum absolute atomic E-state index is 11.0. The van der Waals surface area contributed by atoms with Crippen LogP contribution in [0.25, 0.3) is 0 Å². The van der Waals surface area contributed by atoms with Gasteiger partial charge in [0.25, 0.3) is 0 Å². The second kappa shape index (κ2) is 4.96. The highest BCUT2D eigenvalue weighted by Gasteiger charge is 2.23. The molecule has 7 heteroatoms. The van der Waals surface area contributed by atoms with E-state index in [1.165, 1.54) is 6.07 Å². The molecule has 0 spiro atoms. The van der Waals surface area contributed by atoms with E-state index in [9.17, 15) is 10.1 Å². The molecule has 92 valence electrons. The SMILES string of the molecule is CNc1ccc([N+](=O)[O-])c(N2CCOCC2)n1. The fourth-order valence-electron chi connectivity index (χ4n) is 1.73. The van der Waals surface area contributed by atoms with Crippen LogP contribution in [0.4, 0.5) is 17.3 Å². The Labute approximate surface area is 98.5 Å². The number of nitrogens with one attached hydrogen (secondary N) is 1. The Morgan fingerprint density at radius 2 is 2.18 bits per heavy atom. The Kier molecular flexibility index (Phi) is 3.38. The highest BCUT2D eigenvalue weighted by molar-refractivity contribution is 5.61. The van der Waals surface area contributed by atoms with Crippen LogP contribution in [0.5, 0.6) is 0 Å². The van der Waals surface area contributed by atoms with Crippen molar-refractivity contribution in [2.75, 3.05) is 43.6 Å². The molecule has 0 aromatic carbocycles. The summed E-state index contributed by atoms with van der Waals surface area (Å²) in [5.74, 6) is 1.03. The molecule has 1 aliphatic heterocycles. The minimum Gasteiger partial charge on any atom is -0.378 e. The van der Waals surface area contributed by atoms with E-state index in [0.717, 1.165) is 0 Å². The van der Waals surface area contributed by atoms with Gasteiger partial charge in [-0.25, -0.2) is 4.98 Å². The largest absolute Gasteiger partial charge is 0.378 e. The molecule has 1 N–H and O–H groups in total. The molecule has 2 rings (SSSR count). The summed E-state index contributed by atoms with van der Waals surface area (Å²) in [6.07, 6.45) is 0. The number of pyridine rings is 1. The number of hydrogen-bond acceptors (Lipinski definition) is 6. The lowest BCUT2D eigenvalue weighted by molar-refractivity contribution is -0.384. The molecule has 0 aliphatic carbocycles. The molecule has 2 heterocycles. The molecule has 0 unspecified atom stereocenters. The predicted octanol–water partition coefficient (Wildman–Crippen LogP) is 0.868. The molecule has 0 bridgehead atoms. The Balaban J connectivity index is 2.36. The van der Waals surface area contributed by atoms with Gasteiger partial charge in [-0.2, -0.15) is 0 Å². The van der Waals surface area contributed by atoms with Gasteiger partial charge in [0.1, 0.15) is 5.82 Å². The van der Waals surface area contributed by atoms with Gasteiger partial charge in [-0.3, -0.25) is 10.1 Å². The van der Waals surface area contributed by atoms with Gasteiger partial charge < -0.3 is 15.0 Å². The van der Waals surface area contributed by atoms with Gasteiger partial charge in [0.15, 0.2) is 0 Å². The quantitative estimate of drug-likeness (QED) is 0.621. The maximum Gasteiger partial charge on any atom is 0.311 e. The van der Waals surface area contributed by atoms with Gasteiger partial charge in [-0.05, 0) is 6.07 Å². The topological polar surface area (TPSA) is 80.5 Å². The van der Waals surface area contributed by atoms with Crippen LogP contribution in [0.15, 0.2) is 12.1 Å². The van der Waals surface area contributed by atoms with Crippen LogP contribution in [0, 0.1) is 10.1 Å². The highest BCUT2D eigenvalue weighted by atomic mass is 16.6. The number of hydrogen-bond donors (Lipinski definition) is 1. The van der Waals surface area contributed by atoms with Gasteiger partial charge >= 0.3 is 5.69 Å². The average Bonchev–Trinajstić information content (AvgIpc) is 2.39. The molecule has 7 nitrogen and oxygen atoms in total. The van der Waals surface area contributed by atoms with Crippen LogP contribution in [0.1, 0.15) is 0 Å². The number of nitro groups is 1. The molecule has 1 saturated heterocycles. The number of morpholine rings is 1. The van der Waals surface area contributed by atoms with Gasteiger partial charge in [-0.15, -0.1) is 0 Å². The predicted molar refractivity (Wildman–Crippen MR) is 63.5 cm³/mol. The summed E-state index contributed by atoms with van der Waals surface area (Å²) in [6, 6.07) is 3.08. The summed E-state index contributed by atoms with van der Waals surface area (Å²) in [6.45, 7) is 2.40. The van der Waals surface area contributed by atoms with Gasteiger partial charge in [0.05, 0.1) is 18.1 Å². The zero-order valence-corrected chi connectivity index (χ0v) is 9.55. The molecular formula is C10H14N4O3. The standard InChI is InChI=1S/C10H14N4O3/c1-11-9-3-2-8(14(15)16)10(12-9)13-4-6-17-7-5-13/h2-3H,4-7H2,1H3,(H,11,12). The third-order valence-electron chi connectivity index (χ3n) is 2.62. The van der Waals surface area contributed by atoms with Gasteiger partial charge in [0, 0.05) is 26.2 Å². The zero-order chi connectivity index (χ0) is 12.3. The van der Waals surface area contributed by atoms with E-state index >= 15 is 0 Å². The Hall–Kier alpha value is -1.89. The third kappa shape index (κ3) is 2.44. The first-order valence-corrected chi connectivity index (χ1v) is 5.38. The molecule has 1 fully saturated rings. The van der Waals surface area contributed by atoms with Crippen molar-refractivity contribution in [3.8, 4) is 0 Å². The first kappa shape index (κ1) is 11.6. The molecule has 1 aromatic heterocycles. The molecule has 1 aromatic rings. The molecule has 0 saturated carbocycles. The first-order chi connectivity index (χ1) is 8.22. The second-order valence-electron chi connectivity index (χ2n) is 3.65. The summed E-state index contributed by atoms with van der Waals surface area (Å²) < 4.78 is 5.22. The van der Waals surface area contributed by atoms with Crippen molar-refractivity contribution >= 4 is 17.3 Å². The number of ether oxygens (including phenoxy) is 1. The van der Waals surface area contributed by atoms with E-state index in [0.29, 0.717) is 37.9 Å². The van der Waals surface area contributed by atoms with E-state index in [1.807, 2.05) is 4.90 Å². The van der Waals surface area contributed by atoms with Crippen molar-refractivity contribution in [1.29, 1.82) is 0 Å². The number of aromatic nitrogens is 1. The molecule has 0 atom stereocenters. The van der Waals surface area contributed by atoms with Crippen LogP contribution < -0.4 is 10.2 Å². The van der Waals surface area contributed by atoms with E-state index in [2.05, 4.69) is 10.3 Å². The van der Waals surface area contributed by atoms with Gasteiger partial charge in [-0.1, -0.05) is 0 Å². The molecule has 0 amide bonds. The minimum atomic E-state index is -0.406. The van der Waals surface area contributed by atoms with Crippen molar-refractivity contribution in [3.63, 3.8) is 0 Å². The van der Waals surface area contributed by atoms with Crippen LogP contribution >= 0.6 is 0 Å². The molecule has 17 heavy (non-hydrogen) atoms. The van der Waals surface area contributed by atoms with Crippen molar-refractivity contribution in [1.82, 2.24) is 4.98 Å². The Morgan fingerprint density at radius 3 is 2.76 bits per heavy atom. The van der Waals surface area contributed by atoms with E-state index < -0.39 is 4.92 Å².